The molecule has 5 heteroatoms. The molecule has 1 saturated heterocycles. The van der Waals surface area contributed by atoms with Crippen LogP contribution in [0, 0.1) is 5.92 Å². The van der Waals surface area contributed by atoms with E-state index >= 15 is 0 Å². The van der Waals surface area contributed by atoms with Crippen LogP contribution < -0.4 is 5.73 Å². The Hall–Kier alpha value is -2.14. The lowest BCUT2D eigenvalue weighted by Crippen LogP contribution is -2.04. The molecule has 1 aliphatic rings. The number of hydrogen-bond donors (Lipinski definition) is 1. The normalized spacial score (nSPS) is 18.9. The van der Waals surface area contributed by atoms with Gasteiger partial charge in [-0.15, -0.1) is 0 Å². The van der Waals surface area contributed by atoms with E-state index in [4.69, 9.17) is 15.0 Å². The highest BCUT2D eigenvalue weighted by atomic mass is 16.5. The molecule has 5 nitrogen and oxygen atoms in total. The lowest BCUT2D eigenvalue weighted by atomic mass is 10.1. The molecule has 0 aliphatic carbocycles. The number of ether oxygens (including phenoxy) is 1. The van der Waals surface area contributed by atoms with Crippen LogP contribution in [0.5, 0.6) is 0 Å². The maximum absolute atomic E-state index is 5.64. The van der Waals surface area contributed by atoms with Crippen molar-refractivity contribution in [3.63, 3.8) is 0 Å². The molecule has 2 N–H and O–H groups in total. The Morgan fingerprint density at radius 3 is 2.85 bits per heavy atom. The van der Waals surface area contributed by atoms with E-state index in [1.54, 1.807) is 0 Å². The van der Waals surface area contributed by atoms with Crippen LogP contribution in [-0.2, 0) is 11.2 Å². The molecule has 1 unspecified atom stereocenters. The monoisotopic (exact) mass is 271 g/mol. The first kappa shape index (κ1) is 12.9. The Kier molecular flexibility index (Phi) is 3.78. The average Bonchev–Trinajstić information content (AvgIpc) is 3.11. The molecule has 1 aromatic heterocycles. The predicted octanol–water partition coefficient (Wildman–Crippen LogP) is 2.40. The number of nitrogens with zero attached hydrogens (tertiary/aromatic N) is 2. The van der Waals surface area contributed by atoms with Gasteiger partial charge in [-0.25, -0.2) is 0 Å². The molecular weight excluding hydrogens is 254 g/mol. The van der Waals surface area contributed by atoms with Crippen LogP contribution in [-0.4, -0.2) is 23.4 Å². The molecule has 104 valence electrons. The summed E-state index contributed by atoms with van der Waals surface area (Å²) in [7, 11) is 0. The fourth-order valence-electron chi connectivity index (χ4n) is 2.20. The van der Waals surface area contributed by atoms with Crippen LogP contribution in [0.1, 0.15) is 23.7 Å². The van der Waals surface area contributed by atoms with Crippen LogP contribution in [0.15, 0.2) is 28.8 Å². The summed E-state index contributed by atoms with van der Waals surface area (Å²) in [6, 6.07) is 7.61. The number of anilines is 1. The first-order chi connectivity index (χ1) is 9.79. The van der Waals surface area contributed by atoms with E-state index in [0.717, 1.165) is 43.1 Å². The van der Waals surface area contributed by atoms with Crippen LogP contribution >= 0.6 is 0 Å². The third-order valence-corrected chi connectivity index (χ3v) is 3.33. The van der Waals surface area contributed by atoms with Gasteiger partial charge in [0, 0.05) is 31.4 Å². The fourth-order valence-corrected chi connectivity index (χ4v) is 2.20. The summed E-state index contributed by atoms with van der Waals surface area (Å²) in [4.78, 5) is 4.36. The van der Waals surface area contributed by atoms with Gasteiger partial charge in [0.1, 0.15) is 0 Å². The van der Waals surface area contributed by atoms with Gasteiger partial charge in [-0.2, -0.15) is 4.98 Å². The van der Waals surface area contributed by atoms with Gasteiger partial charge in [0.2, 0.25) is 0 Å². The lowest BCUT2D eigenvalue weighted by molar-refractivity contribution is 0.185. The van der Waals surface area contributed by atoms with Gasteiger partial charge in [0.25, 0.3) is 5.89 Å². The van der Waals surface area contributed by atoms with Gasteiger partial charge in [-0.3, -0.25) is 0 Å². The van der Waals surface area contributed by atoms with E-state index in [9.17, 15) is 0 Å². The first-order valence-corrected chi connectivity index (χ1v) is 6.73. The summed E-state index contributed by atoms with van der Waals surface area (Å²) in [6.07, 6.45) is 5.63. The van der Waals surface area contributed by atoms with Crippen molar-refractivity contribution in [1.82, 2.24) is 10.1 Å². The zero-order valence-corrected chi connectivity index (χ0v) is 11.2. The van der Waals surface area contributed by atoms with Crippen molar-refractivity contribution in [1.29, 1.82) is 0 Å². The van der Waals surface area contributed by atoms with Gasteiger partial charge in [-0.1, -0.05) is 17.3 Å². The van der Waals surface area contributed by atoms with Gasteiger partial charge in [0.15, 0.2) is 5.82 Å². The molecule has 20 heavy (non-hydrogen) atoms. The van der Waals surface area contributed by atoms with Crippen molar-refractivity contribution in [2.75, 3.05) is 18.9 Å². The first-order valence-electron chi connectivity index (χ1n) is 6.73. The quantitative estimate of drug-likeness (QED) is 0.864. The van der Waals surface area contributed by atoms with Crippen LogP contribution in [0.2, 0.25) is 0 Å². The largest absolute Gasteiger partial charge is 0.399 e. The Bertz CT molecular complexity index is 583. The summed E-state index contributed by atoms with van der Waals surface area (Å²) in [5.41, 5.74) is 7.44. The Morgan fingerprint density at radius 1 is 1.25 bits per heavy atom. The van der Waals surface area contributed by atoms with Gasteiger partial charge >= 0.3 is 0 Å². The highest BCUT2D eigenvalue weighted by molar-refractivity contribution is 5.66. The van der Waals surface area contributed by atoms with Crippen molar-refractivity contribution in [2.45, 2.75) is 12.8 Å². The second-order valence-corrected chi connectivity index (χ2v) is 4.98. The highest BCUT2D eigenvalue weighted by Gasteiger charge is 2.18. The van der Waals surface area contributed by atoms with Crippen molar-refractivity contribution in [2.24, 2.45) is 5.92 Å². The van der Waals surface area contributed by atoms with Crippen LogP contribution in [0.4, 0.5) is 5.69 Å². The minimum atomic E-state index is 0.515. The summed E-state index contributed by atoms with van der Waals surface area (Å²) < 4.78 is 10.5. The average molecular weight is 271 g/mol. The van der Waals surface area contributed by atoms with Crippen LogP contribution in [0.3, 0.4) is 0 Å². The summed E-state index contributed by atoms with van der Waals surface area (Å²) in [5.74, 6) is 1.79. The molecule has 1 aromatic carbocycles. The maximum Gasteiger partial charge on any atom is 0.250 e. The highest BCUT2D eigenvalue weighted by Crippen LogP contribution is 2.17. The molecule has 3 rings (SSSR count). The standard InChI is InChI=1S/C15H17N3O2/c16-13-4-1-11(2-5-13)3-6-15-17-14(18-20-15)9-12-7-8-19-10-12/h1-6,12H,7-10,16H2/b6-3+. The van der Waals surface area contributed by atoms with Crippen molar-refractivity contribution >= 4 is 17.8 Å². The second-order valence-electron chi connectivity index (χ2n) is 4.98. The molecule has 1 fully saturated rings. The molecule has 1 atom stereocenters. The van der Waals surface area contributed by atoms with E-state index < -0.39 is 0 Å². The molecule has 0 bridgehead atoms. The minimum Gasteiger partial charge on any atom is -0.399 e. The zero-order valence-electron chi connectivity index (χ0n) is 11.2. The number of nitrogen functional groups attached to an aromatic ring is 1. The second kappa shape index (κ2) is 5.88. The Morgan fingerprint density at radius 2 is 2.10 bits per heavy atom. The number of benzene rings is 1. The van der Waals surface area contributed by atoms with E-state index in [2.05, 4.69) is 10.1 Å². The maximum atomic E-state index is 5.64. The van der Waals surface area contributed by atoms with Crippen molar-refractivity contribution in [3.05, 3.63) is 41.5 Å². The lowest BCUT2D eigenvalue weighted by Gasteiger charge is -2.00. The summed E-state index contributed by atoms with van der Waals surface area (Å²) in [6.45, 7) is 1.64. The Labute approximate surface area is 117 Å². The number of rotatable bonds is 4. The number of nitrogens with two attached hydrogens (primary N) is 1. The van der Waals surface area contributed by atoms with E-state index in [0.29, 0.717) is 11.8 Å². The molecule has 2 aromatic rings. The Balaban J connectivity index is 1.62. The third-order valence-electron chi connectivity index (χ3n) is 3.33. The molecule has 2 heterocycles. The fraction of sp³-hybridized carbons (Fsp3) is 0.333. The zero-order chi connectivity index (χ0) is 13.8. The molecule has 0 amide bonds. The molecule has 0 radical (unpaired) electrons. The number of hydrogen-bond acceptors (Lipinski definition) is 5. The predicted molar refractivity (Wildman–Crippen MR) is 76.7 cm³/mol. The van der Waals surface area contributed by atoms with Crippen molar-refractivity contribution < 1.29 is 9.26 Å². The van der Waals surface area contributed by atoms with Gasteiger partial charge < -0.3 is 15.0 Å². The molecule has 1 aliphatic heterocycles. The van der Waals surface area contributed by atoms with E-state index in [1.165, 1.54) is 0 Å². The third kappa shape index (κ3) is 3.24. The van der Waals surface area contributed by atoms with E-state index in [1.807, 2.05) is 36.4 Å². The SMILES string of the molecule is Nc1ccc(/C=C/c2nc(CC3CCOC3)no2)cc1. The molecule has 0 saturated carbocycles. The number of aromatic nitrogens is 2. The van der Waals surface area contributed by atoms with Crippen molar-refractivity contribution in [3.8, 4) is 0 Å². The summed E-state index contributed by atoms with van der Waals surface area (Å²) >= 11 is 0. The smallest absolute Gasteiger partial charge is 0.250 e. The van der Waals surface area contributed by atoms with Gasteiger partial charge in [-0.05, 0) is 36.1 Å². The van der Waals surface area contributed by atoms with Gasteiger partial charge in [0.05, 0.1) is 0 Å². The minimum absolute atomic E-state index is 0.515. The summed E-state index contributed by atoms with van der Waals surface area (Å²) in [5, 5.41) is 3.99. The van der Waals surface area contributed by atoms with Crippen LogP contribution in [0.25, 0.3) is 12.2 Å². The van der Waals surface area contributed by atoms with E-state index in [-0.39, 0.29) is 0 Å². The topological polar surface area (TPSA) is 74.2 Å². The molecule has 0 spiro atoms. The molecular formula is C15H17N3O2.